The molecule has 3 fully saturated rings. The Balaban J connectivity index is 1.34. The van der Waals surface area contributed by atoms with Gasteiger partial charge < -0.3 is 15.5 Å². The highest BCUT2D eigenvalue weighted by Gasteiger charge is 2.37. The van der Waals surface area contributed by atoms with Crippen molar-refractivity contribution in [3.63, 3.8) is 0 Å². The number of anilines is 3. The molecule has 5 rings (SSSR count). The Labute approximate surface area is 197 Å². The van der Waals surface area contributed by atoms with E-state index in [0.717, 1.165) is 57.0 Å². The summed E-state index contributed by atoms with van der Waals surface area (Å²) >= 11 is 0. The molecule has 0 amide bonds. The predicted octanol–water partition coefficient (Wildman–Crippen LogP) is 5.66. The number of nitrogens with one attached hydrogen (secondary N) is 2. The van der Waals surface area contributed by atoms with Gasteiger partial charge in [-0.25, -0.2) is 4.98 Å². The molecule has 1 aliphatic carbocycles. The van der Waals surface area contributed by atoms with Crippen molar-refractivity contribution < 1.29 is 13.2 Å². The van der Waals surface area contributed by atoms with Gasteiger partial charge in [0, 0.05) is 24.5 Å². The average Bonchev–Trinajstić information content (AvgIpc) is 3.67. The molecule has 1 aromatic heterocycles. The van der Waals surface area contributed by atoms with Crippen molar-refractivity contribution in [2.75, 3.05) is 30.3 Å². The third-order valence-corrected chi connectivity index (χ3v) is 7.30. The van der Waals surface area contributed by atoms with E-state index in [1.807, 2.05) is 12.1 Å². The van der Waals surface area contributed by atoms with Crippen LogP contribution in [0.5, 0.6) is 0 Å². The molecule has 2 atom stereocenters. The fourth-order valence-electron chi connectivity index (χ4n) is 5.44. The molecule has 2 saturated heterocycles. The molecule has 3 aliphatic rings. The second-order valence-corrected chi connectivity index (χ2v) is 9.65. The zero-order chi connectivity index (χ0) is 23.7. The number of aromatic nitrogens is 2. The number of nitriles is 1. The summed E-state index contributed by atoms with van der Waals surface area (Å²) in [5, 5.41) is 15.5. The maximum atomic E-state index is 13.7. The first kappa shape index (κ1) is 22.9. The van der Waals surface area contributed by atoms with E-state index >= 15 is 0 Å². The van der Waals surface area contributed by atoms with Gasteiger partial charge in [-0.2, -0.15) is 23.4 Å². The number of rotatable bonds is 6. The number of hydrogen-bond donors (Lipinski definition) is 2. The summed E-state index contributed by atoms with van der Waals surface area (Å²) in [5.41, 5.74) is 1.31. The van der Waals surface area contributed by atoms with Crippen LogP contribution >= 0.6 is 0 Å². The second kappa shape index (κ2) is 9.41. The van der Waals surface area contributed by atoms with Crippen LogP contribution in [0.25, 0.3) is 0 Å². The van der Waals surface area contributed by atoms with Crippen LogP contribution in [0.2, 0.25) is 0 Å². The molecular weight excluding hydrogens is 441 g/mol. The molecule has 9 heteroatoms. The maximum absolute atomic E-state index is 13.7. The summed E-state index contributed by atoms with van der Waals surface area (Å²) in [6.07, 6.45) is 4.00. The Kier molecular flexibility index (Phi) is 6.34. The minimum absolute atomic E-state index is 0.0708. The molecule has 0 spiro atoms. The molecule has 1 aromatic carbocycles. The molecule has 1 saturated carbocycles. The van der Waals surface area contributed by atoms with Crippen molar-refractivity contribution in [2.24, 2.45) is 5.92 Å². The SMILES string of the molecule is N#Cc1cc(Nc2ncc(C(F)(F)F)c(NCC3CCCN4CCCCC34)n2)ccc1C1CC1. The van der Waals surface area contributed by atoms with Crippen molar-refractivity contribution in [1.29, 1.82) is 5.26 Å². The van der Waals surface area contributed by atoms with Crippen LogP contribution in [0.15, 0.2) is 24.4 Å². The summed E-state index contributed by atoms with van der Waals surface area (Å²) in [4.78, 5) is 10.6. The van der Waals surface area contributed by atoms with Gasteiger partial charge >= 0.3 is 6.18 Å². The lowest BCUT2D eigenvalue weighted by Crippen LogP contribution is -2.49. The number of fused-ring (bicyclic) bond motifs is 1. The summed E-state index contributed by atoms with van der Waals surface area (Å²) in [7, 11) is 0. The van der Waals surface area contributed by atoms with Crippen molar-refractivity contribution in [2.45, 2.75) is 63.1 Å². The second-order valence-electron chi connectivity index (χ2n) is 9.65. The lowest BCUT2D eigenvalue weighted by molar-refractivity contribution is -0.137. The van der Waals surface area contributed by atoms with Gasteiger partial charge in [-0.1, -0.05) is 12.5 Å². The van der Waals surface area contributed by atoms with Crippen LogP contribution in [0.4, 0.5) is 30.6 Å². The van der Waals surface area contributed by atoms with Gasteiger partial charge in [0.25, 0.3) is 0 Å². The molecule has 0 bridgehead atoms. The number of benzene rings is 1. The Morgan fingerprint density at radius 1 is 1.09 bits per heavy atom. The highest BCUT2D eigenvalue weighted by atomic mass is 19.4. The zero-order valence-corrected chi connectivity index (χ0v) is 19.0. The van der Waals surface area contributed by atoms with Crippen LogP contribution < -0.4 is 10.6 Å². The number of nitrogens with zero attached hydrogens (tertiary/aromatic N) is 4. The lowest BCUT2D eigenvalue weighted by Gasteiger charge is -2.44. The monoisotopic (exact) mass is 470 g/mol. The van der Waals surface area contributed by atoms with Gasteiger partial charge in [0.2, 0.25) is 5.95 Å². The van der Waals surface area contributed by atoms with E-state index in [4.69, 9.17) is 0 Å². The van der Waals surface area contributed by atoms with E-state index in [2.05, 4.69) is 31.6 Å². The summed E-state index contributed by atoms with van der Waals surface area (Å²) in [5.74, 6) is 0.603. The van der Waals surface area contributed by atoms with Gasteiger partial charge in [-0.3, -0.25) is 0 Å². The summed E-state index contributed by atoms with van der Waals surface area (Å²) in [6.45, 7) is 2.62. The normalized spacial score (nSPS) is 23.1. The standard InChI is InChI=1S/C25H29F3N6/c26-25(27,28)21-15-31-24(32-19-8-9-20(16-6-7-16)18(12-19)13-29)33-23(21)30-14-17-4-3-11-34-10-2-1-5-22(17)34/h8-9,12,15-17,22H,1-7,10-11,14H2,(H2,30,31,32,33). The van der Waals surface area contributed by atoms with Crippen LogP contribution in [0.3, 0.4) is 0 Å². The van der Waals surface area contributed by atoms with E-state index in [1.54, 1.807) is 6.07 Å². The van der Waals surface area contributed by atoms with Gasteiger partial charge in [-0.05, 0) is 81.1 Å². The van der Waals surface area contributed by atoms with Crippen LogP contribution in [0.1, 0.15) is 67.6 Å². The van der Waals surface area contributed by atoms with Crippen molar-refractivity contribution in [3.8, 4) is 6.07 Å². The molecule has 2 aliphatic heterocycles. The average molecular weight is 471 g/mol. The molecule has 6 nitrogen and oxygen atoms in total. The van der Waals surface area contributed by atoms with Crippen LogP contribution in [0, 0.1) is 17.2 Å². The summed E-state index contributed by atoms with van der Waals surface area (Å²) in [6, 6.07) is 8.08. The minimum Gasteiger partial charge on any atom is -0.369 e. The van der Waals surface area contributed by atoms with E-state index in [-0.39, 0.29) is 11.8 Å². The molecule has 3 heterocycles. The minimum atomic E-state index is -4.55. The summed E-state index contributed by atoms with van der Waals surface area (Å²) < 4.78 is 41.0. The predicted molar refractivity (Wildman–Crippen MR) is 124 cm³/mol. The van der Waals surface area contributed by atoms with Crippen molar-refractivity contribution in [1.82, 2.24) is 14.9 Å². The molecular formula is C25H29F3N6. The quantitative estimate of drug-likeness (QED) is 0.567. The smallest absolute Gasteiger partial charge is 0.369 e. The fourth-order valence-corrected chi connectivity index (χ4v) is 5.44. The third-order valence-electron chi connectivity index (χ3n) is 7.30. The van der Waals surface area contributed by atoms with E-state index < -0.39 is 11.7 Å². The Bertz CT molecular complexity index is 1070. The first-order valence-electron chi connectivity index (χ1n) is 12.2. The number of alkyl halides is 3. The fraction of sp³-hybridized carbons (Fsp3) is 0.560. The van der Waals surface area contributed by atoms with Gasteiger partial charge in [0.15, 0.2) is 0 Å². The molecule has 34 heavy (non-hydrogen) atoms. The van der Waals surface area contributed by atoms with E-state index in [9.17, 15) is 18.4 Å². The number of hydrogen-bond acceptors (Lipinski definition) is 6. The Morgan fingerprint density at radius 3 is 2.68 bits per heavy atom. The van der Waals surface area contributed by atoms with E-state index in [0.29, 0.717) is 35.7 Å². The first-order chi connectivity index (χ1) is 16.4. The van der Waals surface area contributed by atoms with Crippen LogP contribution in [-0.4, -0.2) is 40.5 Å². The van der Waals surface area contributed by atoms with Crippen molar-refractivity contribution in [3.05, 3.63) is 41.1 Å². The maximum Gasteiger partial charge on any atom is 0.421 e. The first-order valence-corrected chi connectivity index (χ1v) is 12.2. The van der Waals surface area contributed by atoms with Crippen LogP contribution in [-0.2, 0) is 6.18 Å². The molecule has 2 aromatic rings. The van der Waals surface area contributed by atoms with Crippen molar-refractivity contribution >= 4 is 17.5 Å². The van der Waals surface area contributed by atoms with Gasteiger partial charge in [-0.15, -0.1) is 0 Å². The van der Waals surface area contributed by atoms with E-state index in [1.165, 1.54) is 12.8 Å². The number of halogens is 3. The zero-order valence-electron chi connectivity index (χ0n) is 19.0. The Morgan fingerprint density at radius 2 is 1.91 bits per heavy atom. The largest absolute Gasteiger partial charge is 0.421 e. The topological polar surface area (TPSA) is 76.9 Å². The van der Waals surface area contributed by atoms with Gasteiger partial charge in [0.1, 0.15) is 11.4 Å². The lowest BCUT2D eigenvalue weighted by atomic mass is 9.83. The highest BCUT2D eigenvalue weighted by molar-refractivity contribution is 5.61. The molecule has 2 N–H and O–H groups in total. The third kappa shape index (κ3) is 4.97. The molecule has 0 radical (unpaired) electrons. The molecule has 2 unspecified atom stereocenters. The Hall–Kier alpha value is -2.86. The van der Waals surface area contributed by atoms with Gasteiger partial charge in [0.05, 0.1) is 11.6 Å². The highest BCUT2D eigenvalue weighted by Crippen LogP contribution is 2.42. The number of piperidine rings is 2. The molecule has 180 valence electrons.